The first-order valence-electron chi connectivity index (χ1n) is 8.41. The van der Waals surface area contributed by atoms with Crippen LogP contribution in [0.3, 0.4) is 0 Å². The quantitative estimate of drug-likeness (QED) is 0.788. The number of benzene rings is 1. The highest BCUT2D eigenvalue weighted by Gasteiger charge is 2.22. The van der Waals surface area contributed by atoms with Gasteiger partial charge in [-0.3, -0.25) is 0 Å². The van der Waals surface area contributed by atoms with Crippen LogP contribution >= 0.6 is 0 Å². The molecule has 1 aromatic carbocycles. The van der Waals surface area contributed by atoms with Gasteiger partial charge in [0.05, 0.1) is 7.11 Å². The van der Waals surface area contributed by atoms with Crippen molar-refractivity contribution in [1.29, 1.82) is 0 Å². The van der Waals surface area contributed by atoms with Crippen molar-refractivity contribution in [3.05, 3.63) is 23.8 Å². The summed E-state index contributed by atoms with van der Waals surface area (Å²) in [5, 5.41) is 5.98. The second-order valence-electron chi connectivity index (χ2n) is 6.17. The number of ether oxygens (including phenoxy) is 2. The molecule has 5 nitrogen and oxygen atoms in total. The molecule has 1 aromatic rings. The molecule has 0 heterocycles. The minimum atomic E-state index is -0.129. The number of hydrogen-bond donors (Lipinski definition) is 2. The average molecular weight is 330 g/mol. The number of urea groups is 1. The van der Waals surface area contributed by atoms with E-state index in [0.29, 0.717) is 24.0 Å². The molecule has 2 unspecified atom stereocenters. The molecule has 0 aliphatic heterocycles. The maximum absolute atomic E-state index is 12.1. The highest BCUT2D eigenvalue weighted by molar-refractivity contribution is 5.74. The van der Waals surface area contributed by atoms with Crippen molar-refractivity contribution in [2.75, 3.05) is 13.7 Å². The van der Waals surface area contributed by atoms with Crippen LogP contribution in [0.15, 0.2) is 18.2 Å². The van der Waals surface area contributed by atoms with Crippen LogP contribution in [0.2, 0.25) is 0 Å². The number of rotatable bonds is 6. The average Bonchev–Trinajstić information content (AvgIpc) is 2.60. The van der Waals surface area contributed by atoms with Gasteiger partial charge in [-0.15, -0.1) is 6.42 Å². The molecule has 2 rings (SSSR count). The van der Waals surface area contributed by atoms with Crippen molar-refractivity contribution in [1.82, 2.24) is 10.6 Å². The third-order valence-electron chi connectivity index (χ3n) is 4.42. The summed E-state index contributed by atoms with van der Waals surface area (Å²) in [6.45, 7) is 2.79. The maximum Gasteiger partial charge on any atom is 0.315 e. The van der Waals surface area contributed by atoms with Gasteiger partial charge >= 0.3 is 6.03 Å². The predicted molar refractivity (Wildman–Crippen MR) is 94.1 cm³/mol. The zero-order valence-electron chi connectivity index (χ0n) is 14.4. The molecule has 24 heavy (non-hydrogen) atoms. The number of carbonyl (C=O) groups excluding carboxylic acids is 1. The molecule has 5 heteroatoms. The van der Waals surface area contributed by atoms with E-state index in [1.54, 1.807) is 7.11 Å². The Kier molecular flexibility index (Phi) is 6.80. The molecule has 1 aliphatic rings. The summed E-state index contributed by atoms with van der Waals surface area (Å²) in [5.41, 5.74) is 0.926. The monoisotopic (exact) mass is 330 g/mol. The van der Waals surface area contributed by atoms with Crippen molar-refractivity contribution in [2.24, 2.45) is 5.92 Å². The summed E-state index contributed by atoms with van der Waals surface area (Å²) in [7, 11) is 1.58. The molecule has 0 radical (unpaired) electrons. The van der Waals surface area contributed by atoms with Crippen LogP contribution in [0, 0.1) is 18.3 Å². The van der Waals surface area contributed by atoms with Gasteiger partial charge in [-0.05, 0) is 36.5 Å². The van der Waals surface area contributed by atoms with Gasteiger partial charge in [0, 0.05) is 12.6 Å². The Labute approximate surface area is 144 Å². The lowest BCUT2D eigenvalue weighted by atomic mass is 9.86. The van der Waals surface area contributed by atoms with Crippen molar-refractivity contribution >= 4 is 6.03 Å². The Morgan fingerprint density at radius 1 is 1.33 bits per heavy atom. The normalized spacial score (nSPS) is 19.9. The summed E-state index contributed by atoms with van der Waals surface area (Å²) in [6.07, 6.45) is 9.90. The molecular formula is C19H26N2O3. The second kappa shape index (κ2) is 9.07. The third-order valence-corrected chi connectivity index (χ3v) is 4.42. The Morgan fingerprint density at radius 2 is 2.12 bits per heavy atom. The molecule has 0 aromatic heterocycles. The first-order valence-corrected chi connectivity index (χ1v) is 8.41. The molecule has 0 bridgehead atoms. The van der Waals surface area contributed by atoms with E-state index >= 15 is 0 Å². The zero-order chi connectivity index (χ0) is 17.4. The van der Waals surface area contributed by atoms with Gasteiger partial charge in [0.1, 0.15) is 6.61 Å². The number of hydrogen-bond acceptors (Lipinski definition) is 3. The third kappa shape index (κ3) is 5.09. The molecule has 1 aliphatic carbocycles. The van der Waals surface area contributed by atoms with E-state index in [0.717, 1.165) is 12.0 Å². The van der Waals surface area contributed by atoms with Gasteiger partial charge in [0.2, 0.25) is 0 Å². The Morgan fingerprint density at radius 3 is 2.83 bits per heavy atom. The van der Waals surface area contributed by atoms with E-state index in [4.69, 9.17) is 15.9 Å². The van der Waals surface area contributed by atoms with Gasteiger partial charge in [-0.25, -0.2) is 4.79 Å². The number of carbonyl (C=O) groups is 1. The van der Waals surface area contributed by atoms with Gasteiger partial charge < -0.3 is 20.1 Å². The Balaban J connectivity index is 1.88. The highest BCUT2D eigenvalue weighted by Crippen LogP contribution is 2.28. The number of terminal acetylenes is 1. The lowest BCUT2D eigenvalue weighted by molar-refractivity contribution is 0.221. The minimum absolute atomic E-state index is 0.129. The standard InChI is InChI=1S/C19H26N2O3/c1-4-11-24-18-12-15(9-10-17(18)23-3)13-20-19(22)21-16-8-6-5-7-14(16)2/h1,9-10,12,14,16H,5-8,11,13H2,2-3H3,(H2,20,21,22). The molecule has 1 saturated carbocycles. The van der Waals surface area contributed by atoms with Gasteiger partial charge in [-0.2, -0.15) is 0 Å². The number of amides is 2. The predicted octanol–water partition coefficient (Wildman–Crippen LogP) is 3.09. The molecule has 2 N–H and O–H groups in total. The lowest BCUT2D eigenvalue weighted by Crippen LogP contribution is -2.45. The maximum atomic E-state index is 12.1. The van der Waals surface area contributed by atoms with Crippen LogP contribution in [-0.2, 0) is 6.54 Å². The highest BCUT2D eigenvalue weighted by atomic mass is 16.5. The number of nitrogens with one attached hydrogen (secondary N) is 2. The summed E-state index contributed by atoms with van der Waals surface area (Å²) in [5.74, 6) is 4.17. The van der Waals surface area contributed by atoms with Crippen LogP contribution in [0.1, 0.15) is 38.2 Å². The smallest absolute Gasteiger partial charge is 0.315 e. The van der Waals surface area contributed by atoms with E-state index in [1.807, 2.05) is 18.2 Å². The Bertz CT molecular complexity index is 595. The van der Waals surface area contributed by atoms with Crippen molar-refractivity contribution in [3.8, 4) is 23.8 Å². The van der Waals surface area contributed by atoms with Crippen molar-refractivity contribution in [2.45, 2.75) is 45.2 Å². The lowest BCUT2D eigenvalue weighted by Gasteiger charge is -2.29. The van der Waals surface area contributed by atoms with Gasteiger partial charge in [0.15, 0.2) is 11.5 Å². The van der Waals surface area contributed by atoms with Crippen molar-refractivity contribution < 1.29 is 14.3 Å². The first kappa shape index (κ1) is 18.0. The molecule has 1 fully saturated rings. The van der Waals surface area contributed by atoms with Gasteiger partial charge in [0.25, 0.3) is 0 Å². The molecular weight excluding hydrogens is 304 g/mol. The minimum Gasteiger partial charge on any atom is -0.493 e. The largest absolute Gasteiger partial charge is 0.493 e. The molecule has 130 valence electrons. The molecule has 2 amide bonds. The first-order chi connectivity index (χ1) is 11.6. The molecule has 0 saturated heterocycles. The molecule has 0 spiro atoms. The second-order valence-corrected chi connectivity index (χ2v) is 6.17. The SMILES string of the molecule is C#CCOc1cc(CNC(=O)NC2CCCCC2C)ccc1OC. The number of methoxy groups -OCH3 is 1. The van der Waals surface area contributed by atoms with E-state index in [2.05, 4.69) is 23.5 Å². The fourth-order valence-corrected chi connectivity index (χ4v) is 3.00. The van der Waals surface area contributed by atoms with E-state index in [1.165, 1.54) is 19.3 Å². The Hall–Kier alpha value is -2.35. The van der Waals surface area contributed by atoms with E-state index in [9.17, 15) is 4.79 Å². The van der Waals surface area contributed by atoms with Crippen LogP contribution in [0.5, 0.6) is 11.5 Å². The van der Waals surface area contributed by atoms with Gasteiger partial charge in [-0.1, -0.05) is 31.8 Å². The van der Waals surface area contributed by atoms with E-state index < -0.39 is 0 Å². The van der Waals surface area contributed by atoms with Crippen LogP contribution in [-0.4, -0.2) is 25.8 Å². The van der Waals surface area contributed by atoms with Crippen LogP contribution < -0.4 is 20.1 Å². The van der Waals surface area contributed by atoms with E-state index in [-0.39, 0.29) is 18.7 Å². The zero-order valence-corrected chi connectivity index (χ0v) is 14.4. The summed E-state index contributed by atoms with van der Waals surface area (Å²) >= 11 is 0. The molecule has 2 atom stereocenters. The summed E-state index contributed by atoms with van der Waals surface area (Å²) < 4.78 is 10.7. The topological polar surface area (TPSA) is 59.6 Å². The van der Waals surface area contributed by atoms with Crippen molar-refractivity contribution in [3.63, 3.8) is 0 Å². The van der Waals surface area contributed by atoms with Crippen LogP contribution in [0.4, 0.5) is 4.79 Å². The fraction of sp³-hybridized carbons (Fsp3) is 0.526. The fourth-order valence-electron chi connectivity index (χ4n) is 3.00. The van der Waals surface area contributed by atoms with Crippen LogP contribution in [0.25, 0.3) is 0 Å². The summed E-state index contributed by atoms with van der Waals surface area (Å²) in [4.78, 5) is 12.1. The summed E-state index contributed by atoms with van der Waals surface area (Å²) in [6, 6.07) is 5.68.